The fourth-order valence-corrected chi connectivity index (χ4v) is 3.18. The van der Waals surface area contributed by atoms with Crippen LogP contribution in [0.25, 0.3) is 11.1 Å². The van der Waals surface area contributed by atoms with E-state index in [4.69, 9.17) is 11.6 Å². The zero-order valence-corrected chi connectivity index (χ0v) is 14.3. The molecule has 3 heteroatoms. The number of halogens is 1. The molecule has 0 saturated carbocycles. The number of benzene rings is 3. The number of nitrogens with zero attached hydrogens (tertiary/aromatic N) is 1. The van der Waals surface area contributed by atoms with Gasteiger partial charge in [-0.2, -0.15) is 0 Å². The summed E-state index contributed by atoms with van der Waals surface area (Å²) in [6, 6.07) is 28.9. The van der Waals surface area contributed by atoms with E-state index in [2.05, 4.69) is 58.8 Å². The summed E-state index contributed by atoms with van der Waals surface area (Å²) in [5.74, 6) is 0.795. The van der Waals surface area contributed by atoms with Crippen LogP contribution >= 0.6 is 11.6 Å². The average molecular weight is 345 g/mol. The van der Waals surface area contributed by atoms with E-state index in [0.717, 1.165) is 17.0 Å². The van der Waals surface area contributed by atoms with Crippen molar-refractivity contribution in [3.8, 4) is 11.1 Å². The van der Waals surface area contributed by atoms with Gasteiger partial charge in [0.05, 0.1) is 6.04 Å². The second-order valence-electron chi connectivity index (χ2n) is 5.93. The van der Waals surface area contributed by atoms with Gasteiger partial charge in [-0.05, 0) is 28.8 Å². The van der Waals surface area contributed by atoms with Crippen LogP contribution in [0.15, 0.2) is 101 Å². The number of nitrogens with one attached hydrogen (secondary N) is 1. The third kappa shape index (κ3) is 3.49. The van der Waals surface area contributed by atoms with Crippen LogP contribution in [0, 0.1) is 0 Å². The van der Waals surface area contributed by atoms with Crippen LogP contribution in [-0.2, 0) is 0 Å². The minimum absolute atomic E-state index is 0.0103. The number of rotatable bonds is 3. The van der Waals surface area contributed by atoms with E-state index >= 15 is 0 Å². The third-order valence-corrected chi connectivity index (χ3v) is 4.43. The van der Waals surface area contributed by atoms with Crippen molar-refractivity contribution in [1.29, 1.82) is 0 Å². The zero-order chi connectivity index (χ0) is 17.1. The van der Waals surface area contributed by atoms with Gasteiger partial charge in [-0.3, -0.25) is 0 Å². The predicted molar refractivity (Wildman–Crippen MR) is 105 cm³/mol. The summed E-state index contributed by atoms with van der Waals surface area (Å²) in [4.78, 5) is 4.44. The van der Waals surface area contributed by atoms with E-state index in [-0.39, 0.29) is 6.04 Å². The highest BCUT2D eigenvalue weighted by molar-refractivity contribution is 6.30. The first-order valence-corrected chi connectivity index (χ1v) is 8.61. The first-order valence-electron chi connectivity index (χ1n) is 8.23. The highest BCUT2D eigenvalue weighted by Gasteiger charge is 2.18. The van der Waals surface area contributed by atoms with Crippen molar-refractivity contribution in [1.82, 2.24) is 5.32 Å². The van der Waals surface area contributed by atoms with E-state index < -0.39 is 0 Å². The number of amidine groups is 1. The molecule has 1 aliphatic rings. The molecule has 0 radical (unpaired) electrons. The smallest absolute Gasteiger partial charge is 0.135 e. The van der Waals surface area contributed by atoms with Gasteiger partial charge >= 0.3 is 0 Å². The highest BCUT2D eigenvalue weighted by atomic mass is 35.5. The van der Waals surface area contributed by atoms with Gasteiger partial charge in [0.15, 0.2) is 0 Å². The fraction of sp³-hybridized carbons (Fsp3) is 0.0455. The van der Waals surface area contributed by atoms with Crippen molar-refractivity contribution in [2.24, 2.45) is 4.99 Å². The normalized spacial score (nSPS) is 16.6. The molecule has 1 heterocycles. The number of aliphatic imine (C=N–C) groups is 1. The van der Waals surface area contributed by atoms with E-state index in [0.29, 0.717) is 5.16 Å². The maximum Gasteiger partial charge on any atom is 0.135 e. The quantitative estimate of drug-likeness (QED) is 0.621. The van der Waals surface area contributed by atoms with Gasteiger partial charge in [0.2, 0.25) is 0 Å². The van der Waals surface area contributed by atoms with Crippen LogP contribution in [0.2, 0.25) is 0 Å². The largest absolute Gasteiger partial charge is 0.359 e. The fourth-order valence-electron chi connectivity index (χ4n) is 2.97. The summed E-state index contributed by atoms with van der Waals surface area (Å²) in [5.41, 5.74) is 4.57. The Hall–Kier alpha value is -2.84. The summed E-state index contributed by atoms with van der Waals surface area (Å²) < 4.78 is 0. The maximum atomic E-state index is 6.30. The van der Waals surface area contributed by atoms with E-state index in [1.165, 1.54) is 11.1 Å². The SMILES string of the molecule is ClC1=CC(c2cccc(-c3ccccc3)c2)NC(c2ccccc2)=N1. The van der Waals surface area contributed by atoms with Gasteiger partial charge in [0, 0.05) is 5.56 Å². The molecule has 1 aliphatic heterocycles. The maximum absolute atomic E-state index is 6.30. The second-order valence-corrected chi connectivity index (χ2v) is 6.32. The molecule has 122 valence electrons. The summed E-state index contributed by atoms with van der Waals surface area (Å²) in [6.45, 7) is 0. The molecule has 3 aromatic carbocycles. The molecule has 0 aliphatic carbocycles. The predicted octanol–water partition coefficient (Wildman–Crippen LogP) is 5.52. The monoisotopic (exact) mass is 344 g/mol. The molecule has 4 rings (SSSR count). The van der Waals surface area contributed by atoms with E-state index in [1.54, 1.807) is 0 Å². The van der Waals surface area contributed by atoms with Crippen molar-refractivity contribution < 1.29 is 0 Å². The molecule has 2 nitrogen and oxygen atoms in total. The minimum atomic E-state index is -0.0103. The zero-order valence-electron chi connectivity index (χ0n) is 13.6. The van der Waals surface area contributed by atoms with Crippen LogP contribution in [-0.4, -0.2) is 5.84 Å². The standard InChI is InChI=1S/C22H17ClN2/c23-21-15-20(24-22(25-21)17-10-5-2-6-11-17)19-13-7-12-18(14-19)16-8-3-1-4-9-16/h1-15,20H,(H,24,25). The van der Waals surface area contributed by atoms with Crippen LogP contribution in [0.3, 0.4) is 0 Å². The lowest BCUT2D eigenvalue weighted by Crippen LogP contribution is -2.30. The van der Waals surface area contributed by atoms with Crippen LogP contribution in [0.4, 0.5) is 0 Å². The van der Waals surface area contributed by atoms with Gasteiger partial charge in [-0.25, -0.2) is 4.99 Å². The van der Waals surface area contributed by atoms with Crippen LogP contribution < -0.4 is 5.32 Å². The molecule has 1 atom stereocenters. The lowest BCUT2D eigenvalue weighted by Gasteiger charge is -2.23. The lowest BCUT2D eigenvalue weighted by atomic mass is 9.98. The molecule has 0 aromatic heterocycles. The summed E-state index contributed by atoms with van der Waals surface area (Å²) in [7, 11) is 0. The van der Waals surface area contributed by atoms with Crippen LogP contribution in [0.1, 0.15) is 17.2 Å². The molecular weight excluding hydrogens is 328 g/mol. The summed E-state index contributed by atoms with van der Waals surface area (Å²) in [6.07, 6.45) is 1.94. The Morgan fingerprint density at radius 2 is 1.36 bits per heavy atom. The van der Waals surface area contributed by atoms with Crippen LogP contribution in [0.5, 0.6) is 0 Å². The van der Waals surface area contributed by atoms with Gasteiger partial charge in [-0.15, -0.1) is 0 Å². The molecule has 1 N–H and O–H groups in total. The Balaban J connectivity index is 1.66. The van der Waals surface area contributed by atoms with E-state index in [9.17, 15) is 0 Å². The van der Waals surface area contributed by atoms with Crippen molar-refractivity contribution >= 4 is 17.4 Å². The molecule has 3 aromatic rings. The Morgan fingerprint density at radius 3 is 2.08 bits per heavy atom. The van der Waals surface area contributed by atoms with Crippen molar-refractivity contribution in [3.63, 3.8) is 0 Å². The molecule has 0 amide bonds. The first kappa shape index (κ1) is 15.7. The molecule has 0 bridgehead atoms. The van der Waals surface area contributed by atoms with Crippen molar-refractivity contribution in [2.75, 3.05) is 0 Å². The Bertz CT molecular complexity index is 931. The molecule has 0 fully saturated rings. The van der Waals surface area contributed by atoms with Gasteiger partial charge < -0.3 is 5.32 Å². The molecule has 1 unspecified atom stereocenters. The third-order valence-electron chi connectivity index (χ3n) is 4.22. The topological polar surface area (TPSA) is 24.4 Å². The lowest BCUT2D eigenvalue weighted by molar-refractivity contribution is 0.773. The molecule has 25 heavy (non-hydrogen) atoms. The highest BCUT2D eigenvalue weighted by Crippen LogP contribution is 2.27. The Morgan fingerprint density at radius 1 is 0.720 bits per heavy atom. The first-order chi connectivity index (χ1) is 12.3. The summed E-state index contributed by atoms with van der Waals surface area (Å²) in [5, 5.41) is 3.99. The van der Waals surface area contributed by atoms with Gasteiger partial charge in [0.1, 0.15) is 11.0 Å². The minimum Gasteiger partial charge on any atom is -0.359 e. The number of hydrogen-bond donors (Lipinski definition) is 1. The Kier molecular flexibility index (Phi) is 4.36. The molecular formula is C22H17ClN2. The van der Waals surface area contributed by atoms with Gasteiger partial charge in [0.25, 0.3) is 0 Å². The van der Waals surface area contributed by atoms with Crippen molar-refractivity contribution in [2.45, 2.75) is 6.04 Å². The summed E-state index contributed by atoms with van der Waals surface area (Å²) >= 11 is 6.30. The average Bonchev–Trinajstić information content (AvgIpc) is 2.69. The molecule has 0 saturated heterocycles. The Labute approximate surface area is 152 Å². The van der Waals surface area contributed by atoms with Crippen molar-refractivity contribution in [3.05, 3.63) is 107 Å². The molecule has 0 spiro atoms. The van der Waals surface area contributed by atoms with E-state index in [1.807, 2.05) is 42.5 Å². The van der Waals surface area contributed by atoms with Gasteiger partial charge in [-0.1, -0.05) is 90.5 Å². The second kappa shape index (κ2) is 6.96. The number of hydrogen-bond acceptors (Lipinski definition) is 2.